The topological polar surface area (TPSA) is 236 Å². The molecule has 65 heavy (non-hydrogen) atoms. The summed E-state index contributed by atoms with van der Waals surface area (Å²) in [5, 5.41) is 20.7. The summed E-state index contributed by atoms with van der Waals surface area (Å²) in [6.07, 6.45) is 8.40. The molecule has 0 aromatic rings. The first-order valence-electron chi connectivity index (χ1n) is 22.5. The molecule has 3 aliphatic rings. The summed E-state index contributed by atoms with van der Waals surface area (Å²) < 4.78 is 16.0. The number of amides is 4. The number of carboxylic acid groups (broad SMARTS) is 1. The Bertz CT molecular complexity index is 1500. The monoisotopic (exact) mass is 998 g/mol. The summed E-state index contributed by atoms with van der Waals surface area (Å²) in [4.78, 5) is 98.8. The SMILES string of the molecule is C.CC(=O)C(C)NC(=O)C(CCC(=O)O)NC(=O)CCCC[C@@H]1CCSS1.CC(NC(=O)C(CCC(=O)OCCN1CCOCC1)NC(=O)CCCC[C@@H]1CCSS1)C(=O)OC(C)(C)C.[2HH]. The molecule has 376 valence electrons. The number of carboxylic acids is 1. The van der Waals surface area contributed by atoms with Crippen LogP contribution in [0.2, 0.25) is 0 Å². The number of carbonyl (C=O) groups is 8. The van der Waals surface area contributed by atoms with Crippen LogP contribution in [0.4, 0.5) is 0 Å². The molecule has 0 saturated carbocycles. The van der Waals surface area contributed by atoms with E-state index in [0.717, 1.165) is 51.6 Å². The number of ether oxygens (including phenoxy) is 3. The number of aliphatic carboxylic acids is 1. The van der Waals surface area contributed by atoms with Crippen LogP contribution >= 0.6 is 43.2 Å². The highest BCUT2D eigenvalue weighted by molar-refractivity contribution is 8.77. The Morgan fingerprint density at radius 1 is 0.738 bits per heavy atom. The number of carbonyl (C=O) groups excluding carboxylic acids is 7. The number of rotatable bonds is 27. The van der Waals surface area contributed by atoms with Crippen molar-refractivity contribution in [3.63, 3.8) is 0 Å². The summed E-state index contributed by atoms with van der Waals surface area (Å²) in [6.45, 7) is 13.5. The van der Waals surface area contributed by atoms with Crippen molar-refractivity contribution >= 4 is 90.5 Å². The molecule has 0 radical (unpaired) electrons. The molecule has 4 unspecified atom stereocenters. The molecule has 0 aromatic carbocycles. The van der Waals surface area contributed by atoms with Gasteiger partial charge in [0.25, 0.3) is 0 Å². The number of ketones is 1. The van der Waals surface area contributed by atoms with E-state index in [-0.39, 0.29) is 58.7 Å². The Morgan fingerprint density at radius 2 is 1.23 bits per heavy atom. The van der Waals surface area contributed by atoms with E-state index < -0.39 is 59.5 Å². The van der Waals surface area contributed by atoms with Crippen LogP contribution in [0.25, 0.3) is 0 Å². The van der Waals surface area contributed by atoms with Gasteiger partial charge in [0.1, 0.15) is 30.3 Å². The van der Waals surface area contributed by atoms with E-state index in [0.29, 0.717) is 43.1 Å². The molecule has 21 heteroatoms. The number of hydrogen-bond acceptors (Lipinski definition) is 16. The average Bonchev–Trinajstić information content (AvgIpc) is 3.96. The molecular weight excluding hydrogens is 919 g/mol. The maximum atomic E-state index is 13.0. The third kappa shape index (κ3) is 28.9. The molecule has 3 saturated heterocycles. The van der Waals surface area contributed by atoms with Crippen molar-refractivity contribution < 1.29 is 59.1 Å². The van der Waals surface area contributed by atoms with Crippen LogP contribution < -0.4 is 21.3 Å². The van der Waals surface area contributed by atoms with Crippen molar-refractivity contribution in [3.8, 4) is 0 Å². The fraction of sp³-hybridized carbons (Fsp3) is 0.818. The standard InChI is InChI=1S/C26H45N3O7S2.C17H28N2O5S2.CH4.H2/c1-19(25(33)36-26(2,3)4)27-24(32)21(28-22(30)8-6-5-7-20-11-18-37-38-20)9-10-23(31)35-17-14-29-12-15-34-16-13-29;1-11(12(2)20)18-17(24)14(7-8-16(22)23)19-15(21)6-4-3-5-13-9-10-25-26-13;;/h19-21H,5-18H2,1-4H3,(H,27,32)(H,28,30);11,13-14H,3-10H2,1-2H3,(H,18,24)(H,19,21)(H,22,23);1H4;1H/t19?,20-,21?;11?,13-,14?;;/m11../s1/i;;;1+1. The van der Waals surface area contributed by atoms with Crippen LogP contribution in [0.5, 0.6) is 0 Å². The van der Waals surface area contributed by atoms with Gasteiger partial charge in [0, 0.05) is 68.7 Å². The van der Waals surface area contributed by atoms with Crippen molar-refractivity contribution in [1.29, 1.82) is 0 Å². The third-order valence-electron chi connectivity index (χ3n) is 10.3. The zero-order valence-electron chi connectivity index (χ0n) is 38.5. The van der Waals surface area contributed by atoms with Crippen LogP contribution in [0.1, 0.15) is 140 Å². The lowest BCUT2D eigenvalue weighted by atomic mass is 10.1. The van der Waals surface area contributed by atoms with Crippen molar-refractivity contribution in [1.82, 2.24) is 26.2 Å². The Labute approximate surface area is 404 Å². The van der Waals surface area contributed by atoms with Crippen LogP contribution in [0.3, 0.4) is 0 Å². The summed E-state index contributed by atoms with van der Waals surface area (Å²) >= 11 is 0. The van der Waals surface area contributed by atoms with E-state index in [1.54, 1.807) is 27.7 Å². The van der Waals surface area contributed by atoms with Crippen LogP contribution in [0.15, 0.2) is 0 Å². The maximum absolute atomic E-state index is 13.0. The van der Waals surface area contributed by atoms with E-state index in [9.17, 15) is 38.4 Å². The Hall–Kier alpha value is -2.72. The van der Waals surface area contributed by atoms with Gasteiger partial charge in [0.15, 0.2) is 5.78 Å². The zero-order chi connectivity index (χ0) is 47.5. The number of Topliss-reactive ketones (excluding diaryl/α,β-unsaturated/α-hetero) is 1. The van der Waals surface area contributed by atoms with Gasteiger partial charge in [-0.3, -0.25) is 38.5 Å². The molecule has 0 bridgehead atoms. The van der Waals surface area contributed by atoms with E-state index >= 15 is 0 Å². The van der Waals surface area contributed by atoms with Crippen molar-refractivity contribution in [2.75, 3.05) is 51.0 Å². The van der Waals surface area contributed by atoms with Gasteiger partial charge in [-0.25, -0.2) is 4.79 Å². The molecule has 0 aliphatic carbocycles. The van der Waals surface area contributed by atoms with Gasteiger partial charge in [-0.05, 0) is 92.9 Å². The molecular formula is C44H79N5O12S4. The van der Waals surface area contributed by atoms with Gasteiger partial charge in [-0.1, -0.05) is 63.4 Å². The largest absolute Gasteiger partial charge is 0.481 e. The maximum Gasteiger partial charge on any atom is 0.328 e. The van der Waals surface area contributed by atoms with E-state index in [2.05, 4.69) is 26.2 Å². The second-order valence-electron chi connectivity index (χ2n) is 17.1. The first-order valence-corrected chi connectivity index (χ1v) is 27.3. The summed E-state index contributed by atoms with van der Waals surface area (Å²) in [6, 6.07) is -3.47. The van der Waals surface area contributed by atoms with Gasteiger partial charge in [0.05, 0.1) is 19.3 Å². The Balaban J connectivity index is 0.00000133. The third-order valence-corrected chi connectivity index (χ3v) is 16.3. The van der Waals surface area contributed by atoms with Gasteiger partial charge >= 0.3 is 17.9 Å². The second kappa shape index (κ2) is 33.7. The van der Waals surface area contributed by atoms with Gasteiger partial charge in [-0.15, -0.1) is 0 Å². The van der Waals surface area contributed by atoms with Crippen molar-refractivity contribution in [2.24, 2.45) is 0 Å². The molecule has 17 nitrogen and oxygen atoms in total. The highest BCUT2D eigenvalue weighted by Crippen LogP contribution is 2.40. The molecule has 3 rings (SSSR count). The lowest BCUT2D eigenvalue weighted by Gasteiger charge is -2.26. The van der Waals surface area contributed by atoms with Crippen LogP contribution in [-0.4, -0.2) is 149 Å². The first kappa shape index (κ1) is 60.3. The van der Waals surface area contributed by atoms with E-state index in [1.807, 2.05) is 43.2 Å². The van der Waals surface area contributed by atoms with Crippen LogP contribution in [0, 0.1) is 0 Å². The molecule has 5 N–H and O–H groups in total. The van der Waals surface area contributed by atoms with Crippen molar-refractivity contribution in [3.05, 3.63) is 0 Å². The predicted molar refractivity (Wildman–Crippen MR) is 263 cm³/mol. The molecule has 0 aromatic heterocycles. The molecule has 6 atom stereocenters. The lowest BCUT2D eigenvalue weighted by Crippen LogP contribution is -2.51. The van der Waals surface area contributed by atoms with E-state index in [4.69, 9.17) is 19.3 Å². The molecule has 0 spiro atoms. The summed E-state index contributed by atoms with van der Waals surface area (Å²) in [5.74, 6) is -1.44. The number of nitrogens with zero attached hydrogens (tertiary/aromatic N) is 1. The fourth-order valence-electron chi connectivity index (χ4n) is 6.41. The average molecular weight is 999 g/mol. The quantitative estimate of drug-likeness (QED) is 0.0376. The van der Waals surface area contributed by atoms with Gasteiger partial charge in [-0.2, -0.15) is 0 Å². The summed E-state index contributed by atoms with van der Waals surface area (Å²) in [7, 11) is 7.63. The Morgan fingerprint density at radius 3 is 1.68 bits per heavy atom. The minimum atomic E-state index is -1.04. The van der Waals surface area contributed by atoms with Gasteiger partial charge < -0.3 is 40.6 Å². The normalized spacial score (nSPS) is 19.1. The van der Waals surface area contributed by atoms with Crippen LogP contribution in [-0.2, 0) is 52.6 Å². The molecule has 3 heterocycles. The fourth-order valence-corrected chi connectivity index (χ4v) is 12.5. The lowest BCUT2D eigenvalue weighted by molar-refractivity contribution is -0.158. The second-order valence-corrected chi connectivity index (χ2v) is 22.7. The highest BCUT2D eigenvalue weighted by Gasteiger charge is 2.29. The van der Waals surface area contributed by atoms with E-state index in [1.165, 1.54) is 38.2 Å². The molecule has 4 amide bonds. The number of esters is 2. The number of hydrogen-bond donors (Lipinski definition) is 5. The molecule has 3 fully saturated rings. The predicted octanol–water partition coefficient (Wildman–Crippen LogP) is 5.71. The number of nitrogens with one attached hydrogen (secondary N) is 4. The minimum Gasteiger partial charge on any atom is -0.481 e. The molecule has 3 aliphatic heterocycles. The number of unbranched alkanes of at least 4 members (excludes halogenated alkanes) is 2. The summed E-state index contributed by atoms with van der Waals surface area (Å²) in [5.41, 5.74) is -0.690. The zero-order valence-corrected chi connectivity index (χ0v) is 41.8. The first-order chi connectivity index (χ1) is 30.3. The number of morpholine rings is 1. The highest BCUT2D eigenvalue weighted by atomic mass is 33.1. The van der Waals surface area contributed by atoms with Gasteiger partial charge in [0.2, 0.25) is 23.6 Å². The minimum absolute atomic E-state index is 0. The Kier molecular flexibility index (Phi) is 31.3. The van der Waals surface area contributed by atoms with Crippen molar-refractivity contribution in [2.45, 2.75) is 179 Å². The smallest absolute Gasteiger partial charge is 0.328 e.